The van der Waals surface area contributed by atoms with Crippen molar-refractivity contribution in [3.63, 3.8) is 0 Å². The summed E-state index contributed by atoms with van der Waals surface area (Å²) in [7, 11) is 1.34. The molecule has 0 bridgehead atoms. The number of esters is 1. The summed E-state index contributed by atoms with van der Waals surface area (Å²) in [4.78, 5) is 22.1. The number of carbonyl (C=O) groups is 2. The van der Waals surface area contributed by atoms with Crippen molar-refractivity contribution in [3.05, 3.63) is 0 Å². The molecule has 0 aliphatic carbocycles. The predicted molar refractivity (Wildman–Crippen MR) is 53.7 cm³/mol. The van der Waals surface area contributed by atoms with E-state index in [9.17, 15) is 9.59 Å². The van der Waals surface area contributed by atoms with Crippen LogP contribution in [-0.2, 0) is 14.3 Å². The number of nitrogens with one attached hydrogen (secondary N) is 1. The average Bonchev–Trinajstić information content (AvgIpc) is 2.01. The van der Waals surface area contributed by atoms with Gasteiger partial charge in [0.15, 0.2) is 0 Å². The van der Waals surface area contributed by atoms with E-state index < -0.39 is 0 Å². The van der Waals surface area contributed by atoms with Gasteiger partial charge in [-0.1, -0.05) is 13.8 Å². The van der Waals surface area contributed by atoms with Gasteiger partial charge in [-0.25, -0.2) is 0 Å². The van der Waals surface area contributed by atoms with E-state index in [1.54, 1.807) is 6.92 Å². The average molecular weight is 201 g/mol. The molecular formula is C10H19NO3. The molecular weight excluding hydrogens is 182 g/mol. The van der Waals surface area contributed by atoms with Crippen LogP contribution in [-0.4, -0.2) is 25.0 Å². The van der Waals surface area contributed by atoms with Crippen LogP contribution in [0.1, 0.15) is 33.6 Å². The Labute approximate surface area is 85.0 Å². The van der Waals surface area contributed by atoms with E-state index >= 15 is 0 Å². The van der Waals surface area contributed by atoms with Gasteiger partial charge in [0.1, 0.15) is 0 Å². The van der Waals surface area contributed by atoms with E-state index in [-0.39, 0.29) is 24.3 Å². The van der Waals surface area contributed by atoms with Gasteiger partial charge in [0.25, 0.3) is 0 Å². The first kappa shape index (κ1) is 12.9. The lowest BCUT2D eigenvalue weighted by Gasteiger charge is -2.13. The van der Waals surface area contributed by atoms with Gasteiger partial charge in [-0.05, 0) is 12.8 Å². The Balaban J connectivity index is 3.76. The standard InChI is InChI=1S/C10H19NO3/c1-7(2)5-9(12)11-8(3)6-10(13)14-4/h7-8H,5-6H2,1-4H3,(H,11,12). The molecule has 4 heteroatoms. The smallest absolute Gasteiger partial charge is 0.307 e. The van der Waals surface area contributed by atoms with E-state index in [1.165, 1.54) is 7.11 Å². The van der Waals surface area contributed by atoms with Crippen LogP contribution >= 0.6 is 0 Å². The van der Waals surface area contributed by atoms with Crippen LogP contribution < -0.4 is 5.32 Å². The molecule has 82 valence electrons. The molecule has 1 amide bonds. The molecule has 0 saturated carbocycles. The molecule has 1 N–H and O–H groups in total. The van der Waals surface area contributed by atoms with Crippen molar-refractivity contribution < 1.29 is 14.3 Å². The Morgan fingerprint density at radius 2 is 1.79 bits per heavy atom. The lowest BCUT2D eigenvalue weighted by atomic mass is 10.1. The summed E-state index contributed by atoms with van der Waals surface area (Å²) in [6, 6.07) is -0.159. The van der Waals surface area contributed by atoms with Crippen LogP contribution in [0.3, 0.4) is 0 Å². The maximum atomic E-state index is 11.3. The number of carbonyl (C=O) groups excluding carboxylic acids is 2. The maximum Gasteiger partial charge on any atom is 0.307 e. The van der Waals surface area contributed by atoms with Gasteiger partial charge in [0.2, 0.25) is 5.91 Å². The molecule has 0 fully saturated rings. The molecule has 0 aromatic heterocycles. The van der Waals surface area contributed by atoms with Crippen molar-refractivity contribution in [2.45, 2.75) is 39.7 Å². The Kier molecular flexibility index (Phi) is 5.92. The van der Waals surface area contributed by atoms with Crippen molar-refractivity contribution in [2.75, 3.05) is 7.11 Å². The second-order valence-corrected chi connectivity index (χ2v) is 3.85. The van der Waals surface area contributed by atoms with E-state index in [0.29, 0.717) is 12.3 Å². The third-order valence-electron chi connectivity index (χ3n) is 1.70. The van der Waals surface area contributed by atoms with Crippen molar-refractivity contribution in [2.24, 2.45) is 5.92 Å². The van der Waals surface area contributed by atoms with Crippen molar-refractivity contribution >= 4 is 11.9 Å². The quantitative estimate of drug-likeness (QED) is 0.678. The predicted octanol–water partition coefficient (Wildman–Crippen LogP) is 1.10. The van der Waals surface area contributed by atoms with Gasteiger partial charge in [-0.15, -0.1) is 0 Å². The fourth-order valence-corrected chi connectivity index (χ4v) is 1.09. The summed E-state index contributed by atoms with van der Waals surface area (Å²) in [5.74, 6) is 0.0130. The van der Waals surface area contributed by atoms with Gasteiger partial charge in [0.05, 0.1) is 13.5 Å². The van der Waals surface area contributed by atoms with Crippen LogP contribution in [0.25, 0.3) is 0 Å². The van der Waals surface area contributed by atoms with Gasteiger partial charge < -0.3 is 10.1 Å². The van der Waals surface area contributed by atoms with E-state index in [2.05, 4.69) is 10.1 Å². The number of methoxy groups -OCH3 is 1. The number of hydrogen-bond acceptors (Lipinski definition) is 3. The van der Waals surface area contributed by atoms with Gasteiger partial charge in [-0.2, -0.15) is 0 Å². The molecule has 0 radical (unpaired) electrons. The molecule has 0 spiro atoms. The molecule has 0 aromatic carbocycles. The number of hydrogen-bond donors (Lipinski definition) is 1. The summed E-state index contributed by atoms with van der Waals surface area (Å²) >= 11 is 0. The molecule has 1 unspecified atom stereocenters. The zero-order chi connectivity index (χ0) is 11.1. The minimum Gasteiger partial charge on any atom is -0.469 e. The summed E-state index contributed by atoms with van der Waals surface area (Å²) in [6.07, 6.45) is 0.714. The second kappa shape index (κ2) is 6.40. The summed E-state index contributed by atoms with van der Waals surface area (Å²) < 4.78 is 4.49. The molecule has 0 aromatic rings. The summed E-state index contributed by atoms with van der Waals surface area (Å²) in [5.41, 5.74) is 0. The van der Waals surface area contributed by atoms with Crippen LogP contribution in [0.15, 0.2) is 0 Å². The topological polar surface area (TPSA) is 55.4 Å². The van der Waals surface area contributed by atoms with Crippen molar-refractivity contribution in [1.29, 1.82) is 0 Å². The van der Waals surface area contributed by atoms with E-state index in [0.717, 1.165) is 0 Å². The lowest BCUT2D eigenvalue weighted by Crippen LogP contribution is -2.34. The molecule has 0 heterocycles. The van der Waals surface area contributed by atoms with Gasteiger partial charge >= 0.3 is 5.97 Å². The third-order valence-corrected chi connectivity index (χ3v) is 1.70. The second-order valence-electron chi connectivity index (χ2n) is 3.85. The van der Waals surface area contributed by atoms with Gasteiger partial charge in [-0.3, -0.25) is 9.59 Å². The highest BCUT2D eigenvalue weighted by molar-refractivity contribution is 5.77. The SMILES string of the molecule is COC(=O)CC(C)NC(=O)CC(C)C. The van der Waals surface area contributed by atoms with Crippen molar-refractivity contribution in [3.8, 4) is 0 Å². The minimum absolute atomic E-state index is 0.0172. The Hall–Kier alpha value is -1.06. The first-order valence-electron chi connectivity index (χ1n) is 4.81. The van der Waals surface area contributed by atoms with Crippen molar-refractivity contribution in [1.82, 2.24) is 5.32 Å². The fraction of sp³-hybridized carbons (Fsp3) is 0.800. The third kappa shape index (κ3) is 6.46. The van der Waals surface area contributed by atoms with E-state index in [4.69, 9.17) is 0 Å². The molecule has 0 aliphatic rings. The summed E-state index contributed by atoms with van der Waals surface area (Å²) in [5, 5.41) is 2.74. The normalized spacial score (nSPS) is 12.4. The minimum atomic E-state index is -0.303. The Morgan fingerprint density at radius 1 is 1.21 bits per heavy atom. The highest BCUT2D eigenvalue weighted by Crippen LogP contribution is 2.00. The van der Waals surface area contributed by atoms with E-state index in [1.807, 2.05) is 13.8 Å². The number of rotatable bonds is 5. The molecule has 14 heavy (non-hydrogen) atoms. The number of ether oxygens (including phenoxy) is 1. The lowest BCUT2D eigenvalue weighted by molar-refractivity contribution is -0.141. The Bertz CT molecular complexity index is 202. The molecule has 1 atom stereocenters. The van der Waals surface area contributed by atoms with Crippen LogP contribution in [0.4, 0.5) is 0 Å². The molecule has 0 rings (SSSR count). The summed E-state index contributed by atoms with van der Waals surface area (Å²) in [6.45, 7) is 5.74. The first-order chi connectivity index (χ1) is 6.45. The molecule has 0 saturated heterocycles. The maximum absolute atomic E-state index is 11.3. The Morgan fingerprint density at radius 3 is 2.21 bits per heavy atom. The monoisotopic (exact) mass is 201 g/mol. The van der Waals surface area contributed by atoms with Gasteiger partial charge in [0, 0.05) is 12.5 Å². The molecule has 0 aliphatic heterocycles. The highest BCUT2D eigenvalue weighted by Gasteiger charge is 2.12. The fourth-order valence-electron chi connectivity index (χ4n) is 1.09. The molecule has 4 nitrogen and oxygen atoms in total. The zero-order valence-electron chi connectivity index (χ0n) is 9.29. The largest absolute Gasteiger partial charge is 0.469 e. The first-order valence-corrected chi connectivity index (χ1v) is 4.81. The zero-order valence-corrected chi connectivity index (χ0v) is 9.29. The van der Waals surface area contributed by atoms with Crippen LogP contribution in [0, 0.1) is 5.92 Å². The highest BCUT2D eigenvalue weighted by atomic mass is 16.5. The number of amides is 1. The van der Waals surface area contributed by atoms with Crippen LogP contribution in [0.5, 0.6) is 0 Å². The van der Waals surface area contributed by atoms with Crippen LogP contribution in [0.2, 0.25) is 0 Å².